The highest BCUT2D eigenvalue weighted by Crippen LogP contribution is 2.41. The summed E-state index contributed by atoms with van der Waals surface area (Å²) in [4.78, 5) is 22.6. The monoisotopic (exact) mass is 256 g/mol. The van der Waals surface area contributed by atoms with Gasteiger partial charge in [0, 0.05) is 6.61 Å². The zero-order valence-corrected chi connectivity index (χ0v) is 10.6. The van der Waals surface area contributed by atoms with E-state index in [9.17, 15) is 14.7 Å². The van der Waals surface area contributed by atoms with Gasteiger partial charge in [-0.15, -0.1) is 0 Å². The van der Waals surface area contributed by atoms with E-state index in [1.807, 2.05) is 0 Å². The SMILES string of the molecule is COC(=O)C[C@@H](C(=O)O)[C@@H]1CCO[C@@H](C2CC2)C1. The fourth-order valence-electron chi connectivity index (χ4n) is 2.74. The summed E-state index contributed by atoms with van der Waals surface area (Å²) < 4.78 is 10.3. The zero-order chi connectivity index (χ0) is 13.1. The summed E-state index contributed by atoms with van der Waals surface area (Å²) in [5.74, 6) is -1.34. The first-order valence-electron chi connectivity index (χ1n) is 6.53. The van der Waals surface area contributed by atoms with Crippen LogP contribution in [-0.4, -0.2) is 36.9 Å². The van der Waals surface area contributed by atoms with Crippen LogP contribution >= 0.6 is 0 Å². The number of carboxylic acids is 1. The third-order valence-corrected chi connectivity index (χ3v) is 4.00. The third kappa shape index (κ3) is 3.22. The minimum atomic E-state index is -0.901. The van der Waals surface area contributed by atoms with E-state index in [-0.39, 0.29) is 18.4 Å². The van der Waals surface area contributed by atoms with Crippen molar-refractivity contribution in [3.05, 3.63) is 0 Å². The smallest absolute Gasteiger partial charge is 0.307 e. The fourth-order valence-corrected chi connectivity index (χ4v) is 2.74. The number of methoxy groups -OCH3 is 1. The Balaban J connectivity index is 1.95. The maximum Gasteiger partial charge on any atom is 0.307 e. The van der Waals surface area contributed by atoms with Gasteiger partial charge in [-0.3, -0.25) is 9.59 Å². The molecule has 5 nitrogen and oxygen atoms in total. The summed E-state index contributed by atoms with van der Waals surface area (Å²) in [5.41, 5.74) is 0. The topological polar surface area (TPSA) is 72.8 Å². The molecule has 0 unspecified atom stereocenters. The summed E-state index contributed by atoms with van der Waals surface area (Å²) in [6.45, 7) is 0.608. The molecule has 1 saturated carbocycles. The Morgan fingerprint density at radius 3 is 2.67 bits per heavy atom. The number of hydrogen-bond acceptors (Lipinski definition) is 4. The molecule has 2 fully saturated rings. The number of carbonyl (C=O) groups is 2. The number of aliphatic carboxylic acids is 1. The van der Waals surface area contributed by atoms with Crippen LogP contribution in [-0.2, 0) is 19.1 Å². The van der Waals surface area contributed by atoms with Crippen molar-refractivity contribution in [3.63, 3.8) is 0 Å². The lowest BCUT2D eigenvalue weighted by atomic mass is 9.81. The Kier molecular flexibility index (Phi) is 4.22. The lowest BCUT2D eigenvalue weighted by Gasteiger charge is -2.32. The van der Waals surface area contributed by atoms with E-state index in [4.69, 9.17) is 4.74 Å². The Bertz CT molecular complexity index is 323. The normalized spacial score (nSPS) is 29.6. The van der Waals surface area contributed by atoms with Crippen molar-refractivity contribution in [1.82, 2.24) is 0 Å². The molecule has 102 valence electrons. The molecule has 2 aliphatic rings. The van der Waals surface area contributed by atoms with Gasteiger partial charge >= 0.3 is 11.9 Å². The van der Waals surface area contributed by atoms with Crippen LogP contribution in [0.25, 0.3) is 0 Å². The van der Waals surface area contributed by atoms with E-state index in [0.29, 0.717) is 12.5 Å². The number of rotatable bonds is 5. The number of hydrogen-bond donors (Lipinski definition) is 1. The lowest BCUT2D eigenvalue weighted by molar-refractivity contribution is -0.154. The van der Waals surface area contributed by atoms with Crippen LogP contribution in [0, 0.1) is 17.8 Å². The van der Waals surface area contributed by atoms with Crippen molar-refractivity contribution in [2.75, 3.05) is 13.7 Å². The van der Waals surface area contributed by atoms with E-state index in [1.54, 1.807) is 0 Å². The maximum atomic E-state index is 11.3. The Labute approximate surface area is 106 Å². The van der Waals surface area contributed by atoms with E-state index < -0.39 is 17.9 Å². The maximum absolute atomic E-state index is 11.3. The molecule has 3 atom stereocenters. The summed E-state index contributed by atoms with van der Waals surface area (Å²) in [7, 11) is 1.29. The summed E-state index contributed by atoms with van der Waals surface area (Å²) in [6, 6.07) is 0. The molecular weight excluding hydrogens is 236 g/mol. The first-order valence-corrected chi connectivity index (χ1v) is 6.53. The molecule has 0 radical (unpaired) electrons. The van der Waals surface area contributed by atoms with Gasteiger partial charge in [0.25, 0.3) is 0 Å². The molecular formula is C13H20O5. The standard InChI is InChI=1S/C13H20O5/c1-17-12(14)7-10(13(15)16)9-4-5-18-11(6-9)8-2-3-8/h8-11H,2-7H2,1H3,(H,15,16)/t9-,10-,11-/m1/s1. The quantitative estimate of drug-likeness (QED) is 0.754. The molecule has 5 heteroatoms. The number of carbonyl (C=O) groups excluding carboxylic acids is 1. The molecule has 0 aromatic carbocycles. The highest BCUT2D eigenvalue weighted by atomic mass is 16.5. The van der Waals surface area contributed by atoms with Crippen LogP contribution in [0.5, 0.6) is 0 Å². The van der Waals surface area contributed by atoms with E-state index in [1.165, 1.54) is 20.0 Å². The molecule has 0 bridgehead atoms. The van der Waals surface area contributed by atoms with Crippen molar-refractivity contribution < 1.29 is 24.2 Å². The van der Waals surface area contributed by atoms with E-state index in [0.717, 1.165) is 12.8 Å². The Hall–Kier alpha value is -1.10. The molecule has 1 aliphatic heterocycles. The molecule has 2 rings (SSSR count). The molecule has 18 heavy (non-hydrogen) atoms. The molecule has 1 N–H and O–H groups in total. The van der Waals surface area contributed by atoms with Gasteiger partial charge in [-0.25, -0.2) is 0 Å². The highest BCUT2D eigenvalue weighted by molar-refractivity contribution is 5.78. The molecule has 0 spiro atoms. The number of esters is 1. The second-order valence-corrected chi connectivity index (χ2v) is 5.26. The molecule has 1 aliphatic carbocycles. The van der Waals surface area contributed by atoms with Crippen LogP contribution in [0.2, 0.25) is 0 Å². The number of carboxylic acid groups (broad SMARTS) is 1. The third-order valence-electron chi connectivity index (χ3n) is 4.00. The van der Waals surface area contributed by atoms with Crippen molar-refractivity contribution in [3.8, 4) is 0 Å². The molecule has 1 heterocycles. The number of ether oxygens (including phenoxy) is 2. The Morgan fingerprint density at radius 2 is 2.11 bits per heavy atom. The summed E-state index contributed by atoms with van der Waals surface area (Å²) >= 11 is 0. The van der Waals surface area contributed by atoms with Gasteiger partial charge in [-0.1, -0.05) is 0 Å². The molecule has 0 amide bonds. The second-order valence-electron chi connectivity index (χ2n) is 5.26. The van der Waals surface area contributed by atoms with Crippen LogP contribution in [0.1, 0.15) is 32.1 Å². The Morgan fingerprint density at radius 1 is 1.39 bits per heavy atom. The summed E-state index contributed by atoms with van der Waals surface area (Å²) in [5, 5.41) is 9.26. The van der Waals surface area contributed by atoms with Gasteiger partial charge < -0.3 is 14.6 Å². The van der Waals surface area contributed by atoms with Gasteiger partial charge in [0.05, 0.1) is 25.6 Å². The molecule has 0 aromatic heterocycles. The zero-order valence-electron chi connectivity index (χ0n) is 10.6. The van der Waals surface area contributed by atoms with Gasteiger partial charge in [0.1, 0.15) is 0 Å². The van der Waals surface area contributed by atoms with Crippen molar-refractivity contribution in [2.45, 2.75) is 38.2 Å². The van der Waals surface area contributed by atoms with Crippen molar-refractivity contribution in [2.24, 2.45) is 17.8 Å². The van der Waals surface area contributed by atoms with Gasteiger partial charge in [0.15, 0.2) is 0 Å². The van der Waals surface area contributed by atoms with Crippen LogP contribution in [0.15, 0.2) is 0 Å². The lowest BCUT2D eigenvalue weighted by Crippen LogP contribution is -2.35. The average Bonchev–Trinajstić information content (AvgIpc) is 3.19. The van der Waals surface area contributed by atoms with E-state index in [2.05, 4.69) is 4.74 Å². The van der Waals surface area contributed by atoms with Gasteiger partial charge in [-0.05, 0) is 37.5 Å². The predicted octanol–water partition coefficient (Wildman–Crippen LogP) is 1.46. The second kappa shape index (κ2) is 5.69. The average molecular weight is 256 g/mol. The first-order chi connectivity index (χ1) is 8.61. The highest BCUT2D eigenvalue weighted by Gasteiger charge is 2.40. The summed E-state index contributed by atoms with van der Waals surface area (Å²) in [6.07, 6.45) is 4.02. The minimum Gasteiger partial charge on any atom is -0.481 e. The van der Waals surface area contributed by atoms with E-state index >= 15 is 0 Å². The fraction of sp³-hybridized carbons (Fsp3) is 0.846. The van der Waals surface area contributed by atoms with Crippen molar-refractivity contribution >= 4 is 11.9 Å². The van der Waals surface area contributed by atoms with Crippen LogP contribution in [0.3, 0.4) is 0 Å². The molecule has 0 aromatic rings. The first kappa shape index (κ1) is 13.3. The minimum absolute atomic E-state index is 0.0287. The largest absolute Gasteiger partial charge is 0.481 e. The van der Waals surface area contributed by atoms with Crippen LogP contribution in [0.4, 0.5) is 0 Å². The molecule has 1 saturated heterocycles. The van der Waals surface area contributed by atoms with Crippen molar-refractivity contribution in [1.29, 1.82) is 0 Å². The van der Waals surface area contributed by atoms with Gasteiger partial charge in [-0.2, -0.15) is 0 Å². The van der Waals surface area contributed by atoms with Gasteiger partial charge in [0.2, 0.25) is 0 Å². The van der Waals surface area contributed by atoms with Crippen LogP contribution < -0.4 is 0 Å². The predicted molar refractivity (Wildman–Crippen MR) is 62.9 cm³/mol.